The van der Waals surface area contributed by atoms with Crippen LogP contribution in [0.3, 0.4) is 0 Å². The van der Waals surface area contributed by atoms with Crippen LogP contribution in [0.2, 0.25) is 0 Å². The molecule has 1 amide bonds. The molecule has 0 bridgehead atoms. The first kappa shape index (κ1) is 7.10. The predicted molar refractivity (Wildman–Crippen MR) is 36.2 cm³/mol. The zero-order valence-electron chi connectivity index (χ0n) is 5.81. The van der Waals surface area contributed by atoms with Crippen molar-refractivity contribution in [2.45, 2.75) is 13.0 Å². The first-order valence-electron chi connectivity index (χ1n) is 3.14. The first-order valence-corrected chi connectivity index (χ1v) is 3.14. The fourth-order valence-electron chi connectivity index (χ4n) is 0.654. The first-order chi connectivity index (χ1) is 4.83. The highest BCUT2D eigenvalue weighted by atomic mass is 16.5. The Kier molecular flexibility index (Phi) is 2.30. The minimum Gasteiger partial charge on any atom is -0.377 e. The highest BCUT2D eigenvalue weighted by Crippen LogP contribution is 1.98. The van der Waals surface area contributed by atoms with Crippen molar-refractivity contribution in [3.05, 3.63) is 0 Å². The Bertz CT molecular complexity index is 186. The van der Waals surface area contributed by atoms with E-state index in [1.807, 2.05) is 0 Å². The molecular formula is C7H9NO2. The quantitative estimate of drug-likeness (QED) is 0.498. The number of hydrogen-bond donors (Lipinski definition) is 1. The maximum atomic E-state index is 10.7. The molecule has 1 aliphatic rings. The minimum absolute atomic E-state index is 0.188. The SMILES string of the molecule is CC#CC(=O)NC1COC1. The smallest absolute Gasteiger partial charge is 0.296 e. The lowest BCUT2D eigenvalue weighted by molar-refractivity contribution is -0.119. The van der Waals surface area contributed by atoms with E-state index in [0.29, 0.717) is 13.2 Å². The molecule has 1 rings (SSSR count). The number of rotatable bonds is 1. The Morgan fingerprint density at radius 3 is 2.80 bits per heavy atom. The molecule has 0 atom stereocenters. The van der Waals surface area contributed by atoms with E-state index < -0.39 is 0 Å². The maximum absolute atomic E-state index is 10.7. The maximum Gasteiger partial charge on any atom is 0.296 e. The Hall–Kier alpha value is -1.01. The van der Waals surface area contributed by atoms with Crippen LogP contribution < -0.4 is 5.32 Å². The summed E-state index contributed by atoms with van der Waals surface area (Å²) >= 11 is 0. The lowest BCUT2D eigenvalue weighted by Crippen LogP contribution is -2.48. The van der Waals surface area contributed by atoms with Gasteiger partial charge in [0.05, 0.1) is 19.3 Å². The second-order valence-electron chi connectivity index (χ2n) is 2.08. The number of amides is 1. The molecule has 1 N–H and O–H groups in total. The number of ether oxygens (including phenoxy) is 1. The third-order valence-corrected chi connectivity index (χ3v) is 1.21. The van der Waals surface area contributed by atoms with E-state index in [1.165, 1.54) is 0 Å². The van der Waals surface area contributed by atoms with E-state index in [-0.39, 0.29) is 11.9 Å². The summed E-state index contributed by atoms with van der Waals surface area (Å²) in [5.74, 6) is 4.69. The van der Waals surface area contributed by atoms with E-state index in [0.717, 1.165) is 0 Å². The average Bonchev–Trinajstić information content (AvgIpc) is 1.80. The van der Waals surface area contributed by atoms with Crippen LogP contribution >= 0.6 is 0 Å². The Labute approximate surface area is 59.7 Å². The molecule has 1 aliphatic heterocycles. The van der Waals surface area contributed by atoms with E-state index in [2.05, 4.69) is 17.2 Å². The molecule has 1 heterocycles. The highest BCUT2D eigenvalue weighted by molar-refractivity contribution is 5.93. The molecule has 54 valence electrons. The predicted octanol–water partition coefficient (Wildman–Crippen LogP) is -0.475. The van der Waals surface area contributed by atoms with Crippen molar-refractivity contribution in [2.24, 2.45) is 0 Å². The average molecular weight is 139 g/mol. The Morgan fingerprint density at radius 1 is 1.70 bits per heavy atom. The molecule has 0 aromatic heterocycles. The lowest BCUT2D eigenvalue weighted by Gasteiger charge is -2.25. The standard InChI is InChI=1S/C7H9NO2/c1-2-3-7(9)8-6-4-10-5-6/h6H,4-5H2,1H3,(H,8,9). The monoisotopic (exact) mass is 139 g/mol. The lowest BCUT2D eigenvalue weighted by atomic mass is 10.2. The molecule has 0 radical (unpaired) electrons. The van der Waals surface area contributed by atoms with Crippen LogP contribution in [-0.2, 0) is 9.53 Å². The van der Waals surface area contributed by atoms with E-state index >= 15 is 0 Å². The van der Waals surface area contributed by atoms with Gasteiger partial charge in [0, 0.05) is 0 Å². The van der Waals surface area contributed by atoms with E-state index in [4.69, 9.17) is 4.74 Å². The van der Waals surface area contributed by atoms with Crippen LogP contribution in [0.25, 0.3) is 0 Å². The molecule has 10 heavy (non-hydrogen) atoms. The fraction of sp³-hybridized carbons (Fsp3) is 0.571. The number of hydrogen-bond acceptors (Lipinski definition) is 2. The second kappa shape index (κ2) is 3.23. The van der Waals surface area contributed by atoms with E-state index in [9.17, 15) is 4.79 Å². The Morgan fingerprint density at radius 2 is 2.40 bits per heavy atom. The van der Waals surface area contributed by atoms with Crippen LogP contribution in [0.15, 0.2) is 0 Å². The summed E-state index contributed by atoms with van der Waals surface area (Å²) in [5, 5.41) is 2.68. The van der Waals surface area contributed by atoms with Crippen molar-refractivity contribution in [1.82, 2.24) is 5.32 Å². The van der Waals surface area contributed by atoms with Crippen molar-refractivity contribution in [1.29, 1.82) is 0 Å². The normalized spacial score (nSPS) is 16.5. The second-order valence-corrected chi connectivity index (χ2v) is 2.08. The summed E-state index contributed by atoms with van der Waals surface area (Å²) in [6, 6.07) is 0.188. The van der Waals surface area contributed by atoms with Crippen molar-refractivity contribution in [3.8, 4) is 11.8 Å². The Balaban J connectivity index is 2.21. The van der Waals surface area contributed by atoms with Crippen molar-refractivity contribution >= 4 is 5.91 Å². The van der Waals surface area contributed by atoms with Gasteiger partial charge >= 0.3 is 0 Å². The van der Waals surface area contributed by atoms with Gasteiger partial charge in [-0.15, -0.1) is 0 Å². The van der Waals surface area contributed by atoms with Crippen LogP contribution in [0, 0.1) is 11.8 Å². The van der Waals surface area contributed by atoms with Crippen molar-refractivity contribution in [2.75, 3.05) is 13.2 Å². The molecule has 3 nitrogen and oxygen atoms in total. The van der Waals surface area contributed by atoms with Crippen LogP contribution in [-0.4, -0.2) is 25.2 Å². The topological polar surface area (TPSA) is 38.3 Å². The van der Waals surface area contributed by atoms with E-state index in [1.54, 1.807) is 6.92 Å². The summed E-state index contributed by atoms with van der Waals surface area (Å²) in [4.78, 5) is 10.7. The molecule has 0 unspecified atom stereocenters. The third kappa shape index (κ3) is 1.74. The minimum atomic E-state index is -0.212. The summed E-state index contributed by atoms with van der Waals surface area (Å²) in [6.07, 6.45) is 0. The molecule has 0 aromatic rings. The van der Waals surface area contributed by atoms with Gasteiger partial charge < -0.3 is 10.1 Å². The van der Waals surface area contributed by atoms with Gasteiger partial charge in [0.1, 0.15) is 0 Å². The van der Waals surface area contributed by atoms with Crippen LogP contribution in [0.5, 0.6) is 0 Å². The van der Waals surface area contributed by atoms with Crippen molar-refractivity contribution in [3.63, 3.8) is 0 Å². The summed E-state index contributed by atoms with van der Waals surface area (Å²) < 4.78 is 4.85. The largest absolute Gasteiger partial charge is 0.377 e. The number of carbonyl (C=O) groups excluding carboxylic acids is 1. The summed E-state index contributed by atoms with van der Waals surface area (Å²) in [7, 11) is 0. The van der Waals surface area contributed by atoms with Gasteiger partial charge in [0.2, 0.25) is 0 Å². The van der Waals surface area contributed by atoms with Crippen LogP contribution in [0.1, 0.15) is 6.92 Å². The van der Waals surface area contributed by atoms with Gasteiger partial charge in [0.25, 0.3) is 5.91 Å². The third-order valence-electron chi connectivity index (χ3n) is 1.21. The zero-order chi connectivity index (χ0) is 7.40. The van der Waals surface area contributed by atoms with Gasteiger partial charge in [-0.1, -0.05) is 5.92 Å². The van der Waals surface area contributed by atoms with Gasteiger partial charge in [0.15, 0.2) is 0 Å². The fourth-order valence-corrected chi connectivity index (χ4v) is 0.654. The zero-order valence-corrected chi connectivity index (χ0v) is 5.81. The summed E-state index contributed by atoms with van der Waals surface area (Å²) in [5.41, 5.74) is 0. The van der Waals surface area contributed by atoms with Gasteiger partial charge in [-0.25, -0.2) is 0 Å². The summed E-state index contributed by atoms with van der Waals surface area (Å²) in [6.45, 7) is 2.88. The molecule has 1 fully saturated rings. The van der Waals surface area contributed by atoms with Gasteiger partial charge in [-0.3, -0.25) is 4.79 Å². The highest BCUT2D eigenvalue weighted by Gasteiger charge is 2.18. The molecule has 0 saturated carbocycles. The molecule has 3 heteroatoms. The van der Waals surface area contributed by atoms with Crippen LogP contribution in [0.4, 0.5) is 0 Å². The number of carbonyl (C=O) groups is 1. The van der Waals surface area contributed by atoms with Crippen molar-refractivity contribution < 1.29 is 9.53 Å². The van der Waals surface area contributed by atoms with Gasteiger partial charge in [-0.05, 0) is 12.8 Å². The molecule has 0 aliphatic carbocycles. The molecule has 1 saturated heterocycles. The van der Waals surface area contributed by atoms with Gasteiger partial charge in [-0.2, -0.15) is 0 Å². The molecular weight excluding hydrogens is 130 g/mol. The number of nitrogens with one attached hydrogen (secondary N) is 1. The molecule has 0 spiro atoms. The molecule has 0 aromatic carbocycles.